The van der Waals surface area contributed by atoms with Gasteiger partial charge in [-0.15, -0.1) is 11.3 Å². The molecule has 3 aromatic rings. The van der Waals surface area contributed by atoms with E-state index in [1.54, 1.807) is 25.1 Å². The number of aryl methyl sites for hydroxylation is 2. The first-order chi connectivity index (χ1) is 15.1. The van der Waals surface area contributed by atoms with Gasteiger partial charge in [0, 0.05) is 15.3 Å². The smallest absolute Gasteiger partial charge is 0.416 e. The molecule has 3 rings (SSSR count). The van der Waals surface area contributed by atoms with Crippen molar-refractivity contribution in [1.29, 1.82) is 0 Å². The fourth-order valence-electron chi connectivity index (χ4n) is 3.10. The third-order valence-electron chi connectivity index (χ3n) is 4.97. The summed E-state index contributed by atoms with van der Waals surface area (Å²) >= 11 is 1.50. The molecular weight excluding hydrogens is 441 g/mol. The summed E-state index contributed by atoms with van der Waals surface area (Å²) in [6.45, 7) is 5.80. The molecule has 32 heavy (non-hydrogen) atoms. The number of aliphatic carboxylic acids is 1. The molecule has 0 aliphatic heterocycles. The summed E-state index contributed by atoms with van der Waals surface area (Å²) < 4.78 is 49.8. The highest BCUT2D eigenvalue weighted by Gasteiger charge is 2.30. The van der Waals surface area contributed by atoms with Crippen LogP contribution in [0.1, 0.15) is 34.9 Å². The second-order valence-corrected chi connectivity index (χ2v) is 8.59. The van der Waals surface area contributed by atoms with Crippen molar-refractivity contribution in [2.75, 3.05) is 0 Å². The molecule has 0 aliphatic rings. The number of rotatable bonds is 8. The van der Waals surface area contributed by atoms with Gasteiger partial charge >= 0.3 is 12.1 Å². The van der Waals surface area contributed by atoms with E-state index in [0.717, 1.165) is 38.6 Å². The minimum absolute atomic E-state index is 0.301. The summed E-state index contributed by atoms with van der Waals surface area (Å²) in [5.74, 6) is 0.0896. The maximum Gasteiger partial charge on any atom is 0.416 e. The number of ether oxygens (including phenoxy) is 2. The lowest BCUT2D eigenvalue weighted by Crippen LogP contribution is -2.26. The summed E-state index contributed by atoms with van der Waals surface area (Å²) in [5.41, 5.74) is 1.75. The summed E-state index contributed by atoms with van der Waals surface area (Å²) in [6.07, 6.45) is -4.91. The van der Waals surface area contributed by atoms with E-state index in [2.05, 4.69) is 0 Å². The van der Waals surface area contributed by atoms with Crippen LogP contribution in [-0.4, -0.2) is 17.2 Å². The molecule has 1 heterocycles. The van der Waals surface area contributed by atoms with Crippen molar-refractivity contribution in [3.8, 4) is 21.9 Å². The Morgan fingerprint density at radius 1 is 1.09 bits per heavy atom. The molecule has 1 atom stereocenters. The fourth-order valence-corrected chi connectivity index (χ4v) is 4.13. The molecule has 4 nitrogen and oxygen atoms in total. The van der Waals surface area contributed by atoms with Crippen LogP contribution in [0.3, 0.4) is 0 Å². The molecule has 0 bridgehead atoms. The van der Waals surface area contributed by atoms with Crippen LogP contribution in [-0.2, 0) is 17.6 Å². The van der Waals surface area contributed by atoms with Gasteiger partial charge in [0.15, 0.2) is 6.10 Å². The van der Waals surface area contributed by atoms with E-state index in [1.165, 1.54) is 23.5 Å². The van der Waals surface area contributed by atoms with E-state index in [9.17, 15) is 18.0 Å². The zero-order chi connectivity index (χ0) is 23.5. The molecule has 2 aromatic carbocycles. The first-order valence-electron chi connectivity index (χ1n) is 9.98. The van der Waals surface area contributed by atoms with E-state index < -0.39 is 23.8 Å². The highest BCUT2D eigenvalue weighted by molar-refractivity contribution is 7.15. The van der Waals surface area contributed by atoms with Crippen molar-refractivity contribution < 1.29 is 32.5 Å². The zero-order valence-electron chi connectivity index (χ0n) is 17.8. The molecule has 1 unspecified atom stereocenters. The minimum atomic E-state index is -4.35. The first kappa shape index (κ1) is 23.7. The Balaban J connectivity index is 1.68. The molecule has 0 saturated heterocycles. The molecule has 0 aliphatic carbocycles. The maximum absolute atomic E-state index is 12.8. The van der Waals surface area contributed by atoms with Gasteiger partial charge in [-0.05, 0) is 67.8 Å². The zero-order valence-corrected chi connectivity index (χ0v) is 18.6. The number of benzene rings is 2. The van der Waals surface area contributed by atoms with Gasteiger partial charge in [0.1, 0.15) is 18.1 Å². The average molecular weight is 465 g/mol. The predicted octanol–water partition coefficient (Wildman–Crippen LogP) is 6.87. The Morgan fingerprint density at radius 2 is 1.78 bits per heavy atom. The molecule has 8 heteroatoms. The van der Waals surface area contributed by atoms with Crippen LogP contribution in [0.25, 0.3) is 10.4 Å². The minimum Gasteiger partial charge on any atom is -0.489 e. The number of halogens is 3. The largest absolute Gasteiger partial charge is 0.489 e. The lowest BCUT2D eigenvalue weighted by Gasteiger charge is -2.16. The lowest BCUT2D eigenvalue weighted by atomic mass is 10.1. The van der Waals surface area contributed by atoms with E-state index in [-0.39, 0.29) is 0 Å². The number of carboxylic acids is 1. The van der Waals surface area contributed by atoms with E-state index in [0.29, 0.717) is 24.5 Å². The molecule has 0 saturated carbocycles. The van der Waals surface area contributed by atoms with Crippen molar-refractivity contribution >= 4 is 17.3 Å². The molecule has 0 amide bonds. The third-order valence-corrected chi connectivity index (χ3v) is 6.12. The summed E-state index contributed by atoms with van der Waals surface area (Å²) in [4.78, 5) is 13.1. The molecular formula is C24H23F3O4S. The highest BCUT2D eigenvalue weighted by Crippen LogP contribution is 2.35. The normalized spacial score (nSPS) is 12.4. The van der Waals surface area contributed by atoms with Gasteiger partial charge in [-0.2, -0.15) is 13.2 Å². The van der Waals surface area contributed by atoms with Crippen LogP contribution in [0.4, 0.5) is 13.2 Å². The van der Waals surface area contributed by atoms with E-state index in [4.69, 9.17) is 14.6 Å². The third kappa shape index (κ3) is 5.62. The topological polar surface area (TPSA) is 55.8 Å². The van der Waals surface area contributed by atoms with Crippen LogP contribution in [0.5, 0.6) is 11.5 Å². The Hall–Kier alpha value is -3.00. The quantitative estimate of drug-likeness (QED) is 0.395. The average Bonchev–Trinajstić information content (AvgIpc) is 3.11. The number of hydrogen-bond donors (Lipinski definition) is 1. The summed E-state index contributed by atoms with van der Waals surface area (Å²) in [7, 11) is 0. The molecule has 0 spiro atoms. The van der Waals surface area contributed by atoms with Crippen molar-refractivity contribution in [2.24, 2.45) is 0 Å². The SMILES string of the molecule is CCC(Oc1ccc(OCc2cc(-c3ccc(C(F)(F)F)cc3)sc2C)cc1C)C(=O)O. The first-order valence-corrected chi connectivity index (χ1v) is 10.8. The van der Waals surface area contributed by atoms with E-state index in [1.807, 2.05) is 19.9 Å². The second kappa shape index (κ2) is 9.65. The van der Waals surface area contributed by atoms with Crippen molar-refractivity contribution in [3.63, 3.8) is 0 Å². The van der Waals surface area contributed by atoms with Crippen molar-refractivity contribution in [2.45, 2.75) is 46.1 Å². The van der Waals surface area contributed by atoms with Gasteiger partial charge in [-0.3, -0.25) is 0 Å². The van der Waals surface area contributed by atoms with Crippen molar-refractivity contribution in [3.05, 3.63) is 70.1 Å². The predicted molar refractivity (Wildman–Crippen MR) is 117 cm³/mol. The lowest BCUT2D eigenvalue weighted by molar-refractivity contribution is -0.145. The van der Waals surface area contributed by atoms with Gasteiger partial charge < -0.3 is 14.6 Å². The molecule has 1 N–H and O–H groups in total. The van der Waals surface area contributed by atoms with Crippen LogP contribution < -0.4 is 9.47 Å². The van der Waals surface area contributed by atoms with Gasteiger partial charge in [-0.1, -0.05) is 19.1 Å². The maximum atomic E-state index is 12.8. The second-order valence-electron chi connectivity index (χ2n) is 7.34. The van der Waals surface area contributed by atoms with Crippen LogP contribution in [0.2, 0.25) is 0 Å². The molecule has 0 radical (unpaired) electrons. The number of carbonyl (C=O) groups is 1. The Bertz CT molecular complexity index is 1090. The van der Waals surface area contributed by atoms with Crippen molar-refractivity contribution in [1.82, 2.24) is 0 Å². The van der Waals surface area contributed by atoms with Crippen LogP contribution in [0.15, 0.2) is 48.5 Å². The van der Waals surface area contributed by atoms with E-state index >= 15 is 0 Å². The summed E-state index contributed by atoms with van der Waals surface area (Å²) in [5, 5.41) is 9.15. The fraction of sp³-hybridized carbons (Fsp3) is 0.292. The molecule has 170 valence electrons. The number of alkyl halides is 3. The standard InChI is InChI=1S/C24H23F3O4S/c1-4-20(23(28)29)31-21-10-9-19(11-14(21)2)30-13-17-12-22(32-15(17)3)16-5-7-18(8-6-16)24(25,26)27/h5-12,20H,4,13H2,1-3H3,(H,28,29). The Labute approximate surface area is 188 Å². The Morgan fingerprint density at radius 3 is 2.34 bits per heavy atom. The van der Waals surface area contributed by atoms with Gasteiger partial charge in [0.2, 0.25) is 0 Å². The van der Waals surface area contributed by atoms with Gasteiger partial charge in [-0.25, -0.2) is 4.79 Å². The van der Waals surface area contributed by atoms with Crippen LogP contribution in [0, 0.1) is 13.8 Å². The van der Waals surface area contributed by atoms with Gasteiger partial charge in [0.25, 0.3) is 0 Å². The van der Waals surface area contributed by atoms with Gasteiger partial charge in [0.05, 0.1) is 5.56 Å². The molecule has 1 aromatic heterocycles. The summed E-state index contributed by atoms with van der Waals surface area (Å²) in [6, 6.07) is 12.2. The number of hydrogen-bond acceptors (Lipinski definition) is 4. The Kier molecular flexibility index (Phi) is 7.13. The number of thiophene rings is 1. The number of carboxylic acid groups (broad SMARTS) is 1. The molecule has 0 fully saturated rings. The highest BCUT2D eigenvalue weighted by atomic mass is 32.1. The monoisotopic (exact) mass is 464 g/mol. The van der Waals surface area contributed by atoms with Crippen LogP contribution >= 0.6 is 11.3 Å².